The molecule has 5 rings (SSSR count). The van der Waals surface area contributed by atoms with Crippen LogP contribution in [0.1, 0.15) is 47.7 Å². The van der Waals surface area contributed by atoms with Crippen LogP contribution in [0.4, 0.5) is 5.69 Å². The lowest BCUT2D eigenvalue weighted by atomic mass is 9.95. The lowest BCUT2D eigenvalue weighted by Crippen LogP contribution is -2.39. The maximum atomic E-state index is 13.9. The van der Waals surface area contributed by atoms with Gasteiger partial charge in [0.05, 0.1) is 49.5 Å². The molecule has 1 atom stereocenters. The minimum atomic E-state index is -0.757. The van der Waals surface area contributed by atoms with Gasteiger partial charge in [0, 0.05) is 6.07 Å². The number of aromatic nitrogens is 1. The van der Waals surface area contributed by atoms with Crippen molar-refractivity contribution in [2.45, 2.75) is 33.4 Å². The minimum absolute atomic E-state index is 0.0343. The Kier molecular flexibility index (Phi) is 8.89. The number of carbonyl (C=O) groups excluding carboxylic acids is 1. The van der Waals surface area contributed by atoms with E-state index in [4.69, 9.17) is 14.7 Å². The minimum Gasteiger partial charge on any atom is -0.481 e. The fraction of sp³-hybridized carbons (Fsp3) is 0.188. The molecule has 4 aromatic rings. The SMILES string of the molecule is CCOC(=O)C1=C(C)N=c2s/c(=C\c3cc(Br)c(OCc4ccc(C#N)cc4)c([N+](=O)[O-])c3)c(=O)n2[C@H]1c1ccc(C)cc1. The number of fused-ring (bicyclic) bond motifs is 1. The van der Waals surface area contributed by atoms with Crippen molar-refractivity contribution in [2.24, 2.45) is 4.99 Å². The van der Waals surface area contributed by atoms with Gasteiger partial charge < -0.3 is 9.47 Å². The number of carbonyl (C=O) groups is 1. The fourth-order valence-electron chi connectivity index (χ4n) is 4.80. The molecule has 0 radical (unpaired) electrons. The summed E-state index contributed by atoms with van der Waals surface area (Å²) < 4.78 is 13.2. The molecule has 1 aromatic heterocycles. The van der Waals surface area contributed by atoms with Gasteiger partial charge in [-0.2, -0.15) is 5.26 Å². The number of nitro groups is 1. The average molecular weight is 674 g/mol. The second kappa shape index (κ2) is 12.8. The number of thiazole rings is 1. The van der Waals surface area contributed by atoms with E-state index in [1.54, 1.807) is 50.3 Å². The molecule has 10 nitrogen and oxygen atoms in total. The van der Waals surface area contributed by atoms with Crippen LogP contribution in [0.2, 0.25) is 0 Å². The number of rotatable bonds is 8. The Morgan fingerprint density at radius 1 is 1.18 bits per heavy atom. The van der Waals surface area contributed by atoms with Gasteiger partial charge in [0.15, 0.2) is 4.80 Å². The summed E-state index contributed by atoms with van der Waals surface area (Å²) in [5.41, 5.74) is 3.41. The van der Waals surface area contributed by atoms with Gasteiger partial charge in [-0.15, -0.1) is 0 Å². The van der Waals surface area contributed by atoms with Crippen LogP contribution in [0.5, 0.6) is 5.75 Å². The molecule has 2 heterocycles. The number of halogens is 1. The summed E-state index contributed by atoms with van der Waals surface area (Å²) in [7, 11) is 0. The molecule has 44 heavy (non-hydrogen) atoms. The molecular formula is C32H25BrN4O6S. The van der Waals surface area contributed by atoms with E-state index in [-0.39, 0.29) is 34.8 Å². The number of nitro benzene ring substituents is 1. The lowest BCUT2D eigenvalue weighted by Gasteiger charge is -2.24. The van der Waals surface area contributed by atoms with E-state index >= 15 is 0 Å². The van der Waals surface area contributed by atoms with Gasteiger partial charge in [-0.1, -0.05) is 53.3 Å². The Labute approximate surface area is 264 Å². The number of benzene rings is 3. The number of nitriles is 1. The van der Waals surface area contributed by atoms with Crippen LogP contribution in [-0.4, -0.2) is 22.1 Å². The van der Waals surface area contributed by atoms with Crippen LogP contribution in [-0.2, 0) is 16.1 Å². The summed E-state index contributed by atoms with van der Waals surface area (Å²) in [5, 5.41) is 21.0. The van der Waals surface area contributed by atoms with E-state index in [0.29, 0.717) is 26.1 Å². The van der Waals surface area contributed by atoms with Crippen LogP contribution in [0.15, 0.2) is 86.2 Å². The summed E-state index contributed by atoms with van der Waals surface area (Å²) in [6.07, 6.45) is 1.56. The van der Waals surface area contributed by atoms with Crippen molar-refractivity contribution in [2.75, 3.05) is 6.61 Å². The molecule has 3 aromatic carbocycles. The van der Waals surface area contributed by atoms with E-state index in [0.717, 1.165) is 28.0 Å². The van der Waals surface area contributed by atoms with Gasteiger partial charge in [0.25, 0.3) is 5.56 Å². The third-order valence-corrected chi connectivity index (χ3v) is 8.49. The Morgan fingerprint density at radius 2 is 1.89 bits per heavy atom. The second-order valence-corrected chi connectivity index (χ2v) is 11.8. The fourth-order valence-corrected chi connectivity index (χ4v) is 6.43. The molecule has 0 bridgehead atoms. The zero-order valence-corrected chi connectivity index (χ0v) is 26.3. The maximum absolute atomic E-state index is 13.9. The molecule has 0 fully saturated rings. The summed E-state index contributed by atoms with van der Waals surface area (Å²) in [5.74, 6) is -0.517. The van der Waals surface area contributed by atoms with Crippen molar-refractivity contribution in [1.82, 2.24) is 4.57 Å². The predicted octanol–water partition coefficient (Wildman–Crippen LogP) is 5.23. The van der Waals surface area contributed by atoms with Crippen molar-refractivity contribution >= 4 is 45.0 Å². The monoisotopic (exact) mass is 672 g/mol. The molecule has 0 N–H and O–H groups in total. The first kappa shape index (κ1) is 30.6. The van der Waals surface area contributed by atoms with Gasteiger partial charge in [0.2, 0.25) is 5.75 Å². The summed E-state index contributed by atoms with van der Waals surface area (Å²) >= 11 is 4.52. The van der Waals surface area contributed by atoms with E-state index in [1.165, 1.54) is 10.6 Å². The first-order chi connectivity index (χ1) is 21.1. The summed E-state index contributed by atoms with van der Waals surface area (Å²) in [6.45, 7) is 5.58. The number of nitrogens with zero attached hydrogens (tertiary/aromatic N) is 4. The van der Waals surface area contributed by atoms with E-state index in [2.05, 4.69) is 20.9 Å². The van der Waals surface area contributed by atoms with Crippen molar-refractivity contribution in [3.05, 3.63) is 134 Å². The highest BCUT2D eigenvalue weighted by Crippen LogP contribution is 2.37. The Bertz CT molecular complexity index is 2040. The van der Waals surface area contributed by atoms with Gasteiger partial charge in [-0.25, -0.2) is 9.79 Å². The number of aryl methyl sites for hydroxylation is 1. The molecule has 0 amide bonds. The highest BCUT2D eigenvalue weighted by Gasteiger charge is 2.33. The van der Waals surface area contributed by atoms with Crippen LogP contribution in [0.25, 0.3) is 6.08 Å². The molecule has 0 saturated carbocycles. The number of hydrogen-bond acceptors (Lipinski definition) is 9. The van der Waals surface area contributed by atoms with Gasteiger partial charge in [-0.05, 0) is 77.7 Å². The molecule has 1 aliphatic heterocycles. The van der Waals surface area contributed by atoms with Crippen molar-refractivity contribution in [1.29, 1.82) is 5.26 Å². The molecule has 0 aliphatic carbocycles. The third kappa shape index (κ3) is 6.10. The Hall–Kier alpha value is -4.86. The quantitative estimate of drug-likeness (QED) is 0.142. The topological polar surface area (TPSA) is 137 Å². The zero-order valence-electron chi connectivity index (χ0n) is 23.9. The smallest absolute Gasteiger partial charge is 0.338 e. The van der Waals surface area contributed by atoms with E-state index in [1.807, 2.05) is 37.3 Å². The largest absolute Gasteiger partial charge is 0.481 e. The summed E-state index contributed by atoms with van der Waals surface area (Å²) in [6, 6.07) is 18.5. The zero-order chi connectivity index (χ0) is 31.5. The highest BCUT2D eigenvalue weighted by atomic mass is 79.9. The molecule has 0 spiro atoms. The van der Waals surface area contributed by atoms with E-state index < -0.39 is 22.5 Å². The number of hydrogen-bond donors (Lipinski definition) is 0. The molecule has 0 saturated heterocycles. The molecular weight excluding hydrogens is 648 g/mol. The van der Waals surface area contributed by atoms with Crippen molar-refractivity contribution in [3.8, 4) is 11.8 Å². The van der Waals surface area contributed by atoms with Crippen molar-refractivity contribution in [3.63, 3.8) is 0 Å². The second-order valence-electron chi connectivity index (χ2n) is 9.92. The number of esters is 1. The van der Waals surface area contributed by atoms with Gasteiger partial charge in [0.1, 0.15) is 6.61 Å². The third-order valence-electron chi connectivity index (χ3n) is 6.92. The van der Waals surface area contributed by atoms with Crippen LogP contribution >= 0.6 is 27.3 Å². The van der Waals surface area contributed by atoms with Crippen molar-refractivity contribution < 1.29 is 19.2 Å². The lowest BCUT2D eigenvalue weighted by molar-refractivity contribution is -0.386. The van der Waals surface area contributed by atoms with Crippen LogP contribution < -0.4 is 19.6 Å². The standard InChI is InChI=1S/C32H25BrN4O6S/c1-4-42-31(39)27-19(3)35-32-36(28(27)23-11-5-18(2)6-12-23)30(38)26(44-32)15-22-13-24(33)29(25(14-22)37(40)41)43-17-21-9-7-20(16-34)8-10-21/h5-15,28H,4,17H2,1-3H3/b26-15-/t28-/m0/s1. The van der Waals surface area contributed by atoms with Gasteiger partial charge >= 0.3 is 11.7 Å². The van der Waals surface area contributed by atoms with E-state index in [9.17, 15) is 19.7 Å². The predicted molar refractivity (Wildman–Crippen MR) is 168 cm³/mol. The number of allylic oxidation sites excluding steroid dienone is 1. The normalized spacial score (nSPS) is 14.4. The maximum Gasteiger partial charge on any atom is 0.338 e. The first-order valence-corrected chi connectivity index (χ1v) is 15.1. The molecule has 222 valence electrons. The molecule has 12 heteroatoms. The first-order valence-electron chi connectivity index (χ1n) is 13.5. The van der Waals surface area contributed by atoms with Crippen LogP contribution in [0.3, 0.4) is 0 Å². The highest BCUT2D eigenvalue weighted by molar-refractivity contribution is 9.10. The molecule has 1 aliphatic rings. The Morgan fingerprint density at radius 3 is 2.52 bits per heavy atom. The molecule has 0 unspecified atom stereocenters. The summed E-state index contributed by atoms with van der Waals surface area (Å²) in [4.78, 5) is 43.4. The number of ether oxygens (including phenoxy) is 2. The van der Waals surface area contributed by atoms with Crippen LogP contribution in [0, 0.1) is 28.4 Å². The van der Waals surface area contributed by atoms with Gasteiger partial charge in [-0.3, -0.25) is 19.5 Å². The average Bonchev–Trinajstić information content (AvgIpc) is 3.30. The Balaban J connectivity index is 1.58.